The maximum atomic E-state index is 3.96. The lowest BCUT2D eigenvalue weighted by molar-refractivity contribution is 0.227. The first kappa shape index (κ1) is 12.6. The van der Waals surface area contributed by atoms with Crippen molar-refractivity contribution in [3.8, 4) is 0 Å². The summed E-state index contributed by atoms with van der Waals surface area (Å²) in [5.74, 6) is 1.74. The van der Waals surface area contributed by atoms with Crippen LogP contribution in [-0.4, -0.2) is 27.6 Å². The highest BCUT2D eigenvalue weighted by atomic mass is 15.4. The van der Waals surface area contributed by atoms with Crippen LogP contribution in [0.4, 0.5) is 0 Å². The highest BCUT2D eigenvalue weighted by molar-refractivity contribution is 4.80. The van der Waals surface area contributed by atoms with Crippen LogP contribution in [0.15, 0.2) is 12.4 Å². The zero-order valence-corrected chi connectivity index (χ0v) is 11.0. The van der Waals surface area contributed by atoms with Gasteiger partial charge in [0.2, 0.25) is 0 Å². The Balaban J connectivity index is 1.61. The Morgan fingerprint density at radius 2 is 2.24 bits per heavy atom. The van der Waals surface area contributed by atoms with E-state index in [0.717, 1.165) is 37.4 Å². The summed E-state index contributed by atoms with van der Waals surface area (Å²) in [5, 5.41) is 11.5. The largest absolute Gasteiger partial charge is 0.314 e. The molecule has 1 fully saturated rings. The monoisotopic (exact) mass is 236 g/mol. The molecular formula is C13H24N4. The number of rotatable bonds is 5. The summed E-state index contributed by atoms with van der Waals surface area (Å²) in [5.41, 5.74) is 0. The molecule has 1 heterocycles. The predicted molar refractivity (Wildman–Crippen MR) is 68.6 cm³/mol. The number of hydrogen-bond donors (Lipinski definition) is 1. The molecule has 0 saturated heterocycles. The van der Waals surface area contributed by atoms with E-state index in [1.807, 2.05) is 10.9 Å². The van der Waals surface area contributed by atoms with Gasteiger partial charge in [0.05, 0.1) is 6.20 Å². The lowest BCUT2D eigenvalue weighted by Gasteiger charge is -2.33. The fourth-order valence-corrected chi connectivity index (χ4v) is 2.85. The third kappa shape index (κ3) is 3.80. The molecule has 3 atom stereocenters. The SMILES string of the molecule is CC1CCC(NCCCn2ccnn2)C(C)C1. The maximum Gasteiger partial charge on any atom is 0.0692 e. The van der Waals surface area contributed by atoms with Crippen LogP contribution in [-0.2, 0) is 6.54 Å². The molecule has 1 saturated carbocycles. The Kier molecular flexibility index (Phi) is 4.54. The molecule has 4 nitrogen and oxygen atoms in total. The van der Waals surface area contributed by atoms with Crippen LogP contribution in [0.25, 0.3) is 0 Å². The van der Waals surface area contributed by atoms with Crippen molar-refractivity contribution in [3.63, 3.8) is 0 Å². The molecular weight excluding hydrogens is 212 g/mol. The van der Waals surface area contributed by atoms with Gasteiger partial charge in [-0.3, -0.25) is 4.68 Å². The van der Waals surface area contributed by atoms with Crippen molar-refractivity contribution in [2.24, 2.45) is 11.8 Å². The van der Waals surface area contributed by atoms with E-state index in [9.17, 15) is 0 Å². The van der Waals surface area contributed by atoms with Crippen molar-refractivity contribution in [1.29, 1.82) is 0 Å². The van der Waals surface area contributed by atoms with Gasteiger partial charge in [-0.25, -0.2) is 0 Å². The van der Waals surface area contributed by atoms with E-state index in [-0.39, 0.29) is 0 Å². The van der Waals surface area contributed by atoms with Gasteiger partial charge in [0.15, 0.2) is 0 Å². The normalized spacial score (nSPS) is 29.4. The summed E-state index contributed by atoms with van der Waals surface area (Å²) >= 11 is 0. The molecule has 2 rings (SSSR count). The van der Waals surface area contributed by atoms with E-state index < -0.39 is 0 Å². The van der Waals surface area contributed by atoms with Gasteiger partial charge in [-0.1, -0.05) is 19.1 Å². The fourth-order valence-electron chi connectivity index (χ4n) is 2.85. The molecule has 17 heavy (non-hydrogen) atoms. The molecule has 0 bridgehead atoms. The zero-order valence-electron chi connectivity index (χ0n) is 11.0. The lowest BCUT2D eigenvalue weighted by Crippen LogP contribution is -2.39. The molecule has 0 amide bonds. The summed E-state index contributed by atoms with van der Waals surface area (Å²) in [7, 11) is 0. The van der Waals surface area contributed by atoms with Crippen molar-refractivity contribution in [3.05, 3.63) is 12.4 Å². The van der Waals surface area contributed by atoms with Crippen LogP contribution in [0.1, 0.15) is 39.5 Å². The Hall–Kier alpha value is -0.900. The van der Waals surface area contributed by atoms with Gasteiger partial charge < -0.3 is 5.32 Å². The maximum absolute atomic E-state index is 3.96. The summed E-state index contributed by atoms with van der Waals surface area (Å²) in [4.78, 5) is 0. The van der Waals surface area contributed by atoms with Crippen LogP contribution in [0.2, 0.25) is 0 Å². The van der Waals surface area contributed by atoms with E-state index in [4.69, 9.17) is 0 Å². The summed E-state index contributed by atoms with van der Waals surface area (Å²) < 4.78 is 1.90. The number of aromatic nitrogens is 3. The predicted octanol–water partition coefficient (Wildman–Crippen LogP) is 2.08. The molecule has 96 valence electrons. The summed E-state index contributed by atoms with van der Waals surface area (Å²) in [6.07, 6.45) is 8.88. The van der Waals surface area contributed by atoms with Crippen molar-refractivity contribution in [1.82, 2.24) is 20.3 Å². The number of nitrogens with one attached hydrogen (secondary N) is 1. The van der Waals surface area contributed by atoms with Gasteiger partial charge >= 0.3 is 0 Å². The second-order valence-corrected chi connectivity index (χ2v) is 5.48. The van der Waals surface area contributed by atoms with Gasteiger partial charge in [0.25, 0.3) is 0 Å². The first-order valence-electron chi connectivity index (χ1n) is 6.83. The van der Waals surface area contributed by atoms with Crippen molar-refractivity contribution in [2.75, 3.05) is 6.54 Å². The van der Waals surface area contributed by atoms with Gasteiger partial charge in [-0.15, -0.1) is 5.10 Å². The lowest BCUT2D eigenvalue weighted by atomic mass is 9.80. The minimum Gasteiger partial charge on any atom is -0.314 e. The average Bonchev–Trinajstić information content (AvgIpc) is 2.79. The van der Waals surface area contributed by atoms with Crippen LogP contribution in [0, 0.1) is 11.8 Å². The molecule has 0 aliphatic heterocycles. The molecule has 1 aliphatic carbocycles. The van der Waals surface area contributed by atoms with Gasteiger partial charge in [-0.05, 0) is 44.1 Å². The standard InChI is InChI=1S/C13H24N4/c1-11-4-5-13(12(2)10-11)14-6-3-8-17-9-7-15-16-17/h7,9,11-14H,3-6,8,10H2,1-2H3. The van der Waals surface area contributed by atoms with Crippen LogP contribution in [0.5, 0.6) is 0 Å². The molecule has 1 N–H and O–H groups in total. The third-order valence-corrected chi connectivity index (χ3v) is 3.87. The minimum atomic E-state index is 0.724. The molecule has 1 aromatic heterocycles. The third-order valence-electron chi connectivity index (χ3n) is 3.87. The summed E-state index contributed by atoms with van der Waals surface area (Å²) in [6, 6.07) is 0.724. The Morgan fingerprint density at radius 3 is 2.94 bits per heavy atom. The minimum absolute atomic E-state index is 0.724. The second kappa shape index (κ2) is 6.15. The van der Waals surface area contributed by atoms with E-state index in [0.29, 0.717) is 0 Å². The van der Waals surface area contributed by atoms with E-state index in [1.165, 1.54) is 19.3 Å². The highest BCUT2D eigenvalue weighted by Gasteiger charge is 2.24. The molecule has 4 heteroatoms. The van der Waals surface area contributed by atoms with Gasteiger partial charge in [0, 0.05) is 18.8 Å². The fraction of sp³-hybridized carbons (Fsp3) is 0.846. The van der Waals surface area contributed by atoms with Gasteiger partial charge in [-0.2, -0.15) is 0 Å². The number of hydrogen-bond acceptors (Lipinski definition) is 3. The molecule has 3 unspecified atom stereocenters. The molecule has 0 aromatic carbocycles. The van der Waals surface area contributed by atoms with Crippen molar-refractivity contribution >= 4 is 0 Å². The first-order chi connectivity index (χ1) is 8.25. The van der Waals surface area contributed by atoms with Crippen LogP contribution >= 0.6 is 0 Å². The number of aryl methyl sites for hydroxylation is 1. The van der Waals surface area contributed by atoms with E-state index in [2.05, 4.69) is 29.5 Å². The first-order valence-corrected chi connectivity index (χ1v) is 6.83. The Morgan fingerprint density at radius 1 is 1.35 bits per heavy atom. The van der Waals surface area contributed by atoms with E-state index >= 15 is 0 Å². The molecule has 1 aliphatic rings. The molecule has 0 radical (unpaired) electrons. The molecule has 1 aromatic rings. The number of nitrogens with zero attached hydrogens (tertiary/aromatic N) is 3. The molecule has 0 spiro atoms. The Labute approximate surface area is 104 Å². The van der Waals surface area contributed by atoms with Crippen molar-refractivity contribution in [2.45, 2.75) is 52.1 Å². The highest BCUT2D eigenvalue weighted by Crippen LogP contribution is 2.28. The Bertz CT molecular complexity index is 309. The smallest absolute Gasteiger partial charge is 0.0692 e. The zero-order chi connectivity index (χ0) is 12.1. The average molecular weight is 236 g/mol. The second-order valence-electron chi connectivity index (χ2n) is 5.48. The topological polar surface area (TPSA) is 42.7 Å². The van der Waals surface area contributed by atoms with Crippen LogP contribution in [0.3, 0.4) is 0 Å². The van der Waals surface area contributed by atoms with Gasteiger partial charge in [0.1, 0.15) is 0 Å². The van der Waals surface area contributed by atoms with E-state index in [1.54, 1.807) is 6.20 Å². The van der Waals surface area contributed by atoms with Crippen LogP contribution < -0.4 is 5.32 Å². The quantitative estimate of drug-likeness (QED) is 0.796. The van der Waals surface area contributed by atoms with Crippen molar-refractivity contribution < 1.29 is 0 Å². The summed E-state index contributed by atoms with van der Waals surface area (Å²) in [6.45, 7) is 6.80.